The van der Waals surface area contributed by atoms with Gasteiger partial charge in [0, 0.05) is 0 Å². The molecule has 0 atom stereocenters. The lowest BCUT2D eigenvalue weighted by molar-refractivity contribution is 0.102. The minimum absolute atomic E-state index is 0.320. The first kappa shape index (κ1) is 11.0. The highest BCUT2D eigenvalue weighted by Gasteiger charge is 2.16. The fourth-order valence-electron chi connectivity index (χ4n) is 1.29. The van der Waals surface area contributed by atoms with Crippen molar-refractivity contribution < 1.29 is 14.3 Å². The van der Waals surface area contributed by atoms with E-state index in [1.807, 2.05) is 0 Å². The minimum Gasteiger partial charge on any atom is -0.507 e. The number of carbonyl (C=O) groups excluding carboxylic acids is 1. The van der Waals surface area contributed by atoms with E-state index < -0.39 is 23.0 Å². The van der Waals surface area contributed by atoms with Gasteiger partial charge in [-0.05, 0) is 12.1 Å². The highest BCUT2D eigenvalue weighted by molar-refractivity contribution is 6.06. The van der Waals surface area contributed by atoms with Gasteiger partial charge in [0.1, 0.15) is 23.5 Å². The number of amides is 1. The van der Waals surface area contributed by atoms with Crippen LogP contribution >= 0.6 is 0 Å². The topological polar surface area (TPSA) is 75.1 Å². The Morgan fingerprint density at radius 1 is 1.29 bits per heavy atom. The number of nitrogens with zero attached hydrogens (tertiary/aromatic N) is 2. The fourth-order valence-corrected chi connectivity index (χ4v) is 1.29. The lowest BCUT2D eigenvalue weighted by Crippen LogP contribution is -2.14. The maximum Gasteiger partial charge on any atom is 0.262 e. The second-order valence-electron chi connectivity index (χ2n) is 3.22. The summed E-state index contributed by atoms with van der Waals surface area (Å²) in [6.07, 6.45) is 4.03. The standard InChI is InChI=1S/C11H8FN3O2/c12-8-2-1-3-9(16)10(8)11(17)15-7-4-13-6-14-5-7/h1-6,16H,(H,15,17). The molecule has 0 saturated heterocycles. The summed E-state index contributed by atoms with van der Waals surface area (Å²) < 4.78 is 13.4. The van der Waals surface area contributed by atoms with Crippen molar-refractivity contribution in [2.24, 2.45) is 0 Å². The van der Waals surface area contributed by atoms with E-state index in [0.29, 0.717) is 5.69 Å². The summed E-state index contributed by atoms with van der Waals surface area (Å²) in [6.45, 7) is 0. The molecule has 0 aliphatic carbocycles. The van der Waals surface area contributed by atoms with E-state index in [1.54, 1.807) is 0 Å². The van der Waals surface area contributed by atoms with E-state index in [0.717, 1.165) is 6.07 Å². The van der Waals surface area contributed by atoms with Crippen LogP contribution in [-0.4, -0.2) is 21.0 Å². The molecule has 1 amide bonds. The average molecular weight is 233 g/mol. The van der Waals surface area contributed by atoms with Crippen LogP contribution in [0.15, 0.2) is 36.9 Å². The van der Waals surface area contributed by atoms with Crippen molar-refractivity contribution in [3.63, 3.8) is 0 Å². The van der Waals surface area contributed by atoms with Crippen LogP contribution in [0.2, 0.25) is 0 Å². The lowest BCUT2D eigenvalue weighted by Gasteiger charge is -2.06. The van der Waals surface area contributed by atoms with Gasteiger partial charge in [0.15, 0.2) is 0 Å². The number of halogens is 1. The first-order valence-corrected chi connectivity index (χ1v) is 4.72. The zero-order valence-corrected chi connectivity index (χ0v) is 8.59. The number of anilines is 1. The Morgan fingerprint density at radius 2 is 2.00 bits per heavy atom. The highest BCUT2D eigenvalue weighted by Crippen LogP contribution is 2.20. The van der Waals surface area contributed by atoms with Crippen LogP contribution in [0.1, 0.15) is 10.4 Å². The molecule has 2 rings (SSSR count). The van der Waals surface area contributed by atoms with Crippen LogP contribution in [-0.2, 0) is 0 Å². The Morgan fingerprint density at radius 3 is 2.65 bits per heavy atom. The van der Waals surface area contributed by atoms with E-state index in [1.165, 1.54) is 30.9 Å². The van der Waals surface area contributed by atoms with E-state index >= 15 is 0 Å². The fraction of sp³-hybridized carbons (Fsp3) is 0. The van der Waals surface area contributed by atoms with Gasteiger partial charge < -0.3 is 10.4 Å². The summed E-state index contributed by atoms with van der Waals surface area (Å²) in [6, 6.07) is 3.64. The predicted molar refractivity (Wildman–Crippen MR) is 58.1 cm³/mol. The van der Waals surface area contributed by atoms with Crippen molar-refractivity contribution in [3.8, 4) is 5.75 Å². The molecule has 0 radical (unpaired) electrons. The van der Waals surface area contributed by atoms with Gasteiger partial charge in [0.25, 0.3) is 5.91 Å². The summed E-state index contributed by atoms with van der Waals surface area (Å²) in [5, 5.41) is 11.8. The molecule has 0 saturated carbocycles. The Kier molecular flexibility index (Phi) is 2.95. The number of benzene rings is 1. The number of aromatic hydroxyl groups is 1. The van der Waals surface area contributed by atoms with E-state index in [9.17, 15) is 14.3 Å². The van der Waals surface area contributed by atoms with E-state index in [2.05, 4.69) is 15.3 Å². The Balaban J connectivity index is 2.27. The number of phenolic OH excluding ortho intramolecular Hbond substituents is 1. The summed E-state index contributed by atoms with van der Waals surface area (Å²) in [7, 11) is 0. The molecule has 0 bridgehead atoms. The van der Waals surface area contributed by atoms with Gasteiger partial charge >= 0.3 is 0 Å². The van der Waals surface area contributed by atoms with Crippen molar-refractivity contribution in [1.29, 1.82) is 0 Å². The molecular formula is C11H8FN3O2. The Hall–Kier alpha value is -2.50. The van der Waals surface area contributed by atoms with Crippen molar-refractivity contribution >= 4 is 11.6 Å². The monoisotopic (exact) mass is 233 g/mol. The Labute approximate surface area is 96.0 Å². The molecule has 17 heavy (non-hydrogen) atoms. The normalized spacial score (nSPS) is 9.94. The van der Waals surface area contributed by atoms with Crippen molar-refractivity contribution in [2.45, 2.75) is 0 Å². The number of aromatic nitrogens is 2. The van der Waals surface area contributed by atoms with Gasteiger partial charge in [-0.3, -0.25) is 4.79 Å². The Bertz CT molecular complexity index is 525. The molecule has 2 aromatic rings. The zero-order chi connectivity index (χ0) is 12.3. The number of rotatable bonds is 2. The molecule has 1 aromatic heterocycles. The second-order valence-corrected chi connectivity index (χ2v) is 3.22. The molecule has 5 nitrogen and oxygen atoms in total. The number of nitrogens with one attached hydrogen (secondary N) is 1. The molecule has 1 aromatic carbocycles. The second kappa shape index (κ2) is 4.56. The van der Waals surface area contributed by atoms with Gasteiger partial charge in [-0.15, -0.1) is 0 Å². The van der Waals surface area contributed by atoms with Gasteiger partial charge in [-0.25, -0.2) is 14.4 Å². The molecule has 0 spiro atoms. The largest absolute Gasteiger partial charge is 0.507 e. The van der Waals surface area contributed by atoms with Gasteiger partial charge in [-0.1, -0.05) is 6.07 Å². The lowest BCUT2D eigenvalue weighted by atomic mass is 10.1. The highest BCUT2D eigenvalue weighted by atomic mass is 19.1. The van der Waals surface area contributed by atoms with E-state index in [4.69, 9.17) is 0 Å². The first-order valence-electron chi connectivity index (χ1n) is 4.72. The molecule has 86 valence electrons. The summed E-state index contributed by atoms with van der Waals surface area (Å²) >= 11 is 0. The molecule has 6 heteroatoms. The molecular weight excluding hydrogens is 225 g/mol. The number of hydrogen-bond donors (Lipinski definition) is 2. The minimum atomic E-state index is -0.792. The SMILES string of the molecule is O=C(Nc1cncnc1)c1c(O)cccc1F. The molecule has 0 fully saturated rings. The van der Waals surface area contributed by atoms with Crippen LogP contribution in [0.25, 0.3) is 0 Å². The summed E-state index contributed by atoms with van der Waals surface area (Å²) in [5.41, 5.74) is -0.0866. The van der Waals surface area contributed by atoms with Crippen LogP contribution < -0.4 is 5.32 Å². The zero-order valence-electron chi connectivity index (χ0n) is 8.59. The maximum absolute atomic E-state index is 13.4. The third kappa shape index (κ3) is 2.36. The molecule has 0 unspecified atom stereocenters. The van der Waals surface area contributed by atoms with Crippen molar-refractivity contribution in [1.82, 2.24) is 9.97 Å². The summed E-state index contributed by atoms with van der Waals surface area (Å²) in [4.78, 5) is 19.1. The molecule has 2 N–H and O–H groups in total. The van der Waals surface area contributed by atoms with Crippen LogP contribution in [0, 0.1) is 5.82 Å². The number of phenols is 1. The number of carbonyl (C=O) groups is 1. The molecule has 0 aliphatic heterocycles. The van der Waals surface area contributed by atoms with Crippen LogP contribution in [0.5, 0.6) is 5.75 Å². The van der Waals surface area contributed by atoms with Crippen molar-refractivity contribution in [3.05, 3.63) is 48.3 Å². The first-order chi connectivity index (χ1) is 8.18. The van der Waals surface area contributed by atoms with E-state index in [-0.39, 0.29) is 0 Å². The van der Waals surface area contributed by atoms with Crippen molar-refractivity contribution in [2.75, 3.05) is 5.32 Å². The predicted octanol–water partition coefficient (Wildman–Crippen LogP) is 1.57. The van der Waals surface area contributed by atoms with Gasteiger partial charge in [-0.2, -0.15) is 0 Å². The third-order valence-corrected chi connectivity index (χ3v) is 2.04. The van der Waals surface area contributed by atoms with Crippen LogP contribution in [0.3, 0.4) is 0 Å². The maximum atomic E-state index is 13.4. The smallest absolute Gasteiger partial charge is 0.262 e. The van der Waals surface area contributed by atoms with Crippen LogP contribution in [0.4, 0.5) is 10.1 Å². The van der Waals surface area contributed by atoms with Gasteiger partial charge in [0.05, 0.1) is 18.1 Å². The van der Waals surface area contributed by atoms with Gasteiger partial charge in [0.2, 0.25) is 0 Å². The quantitative estimate of drug-likeness (QED) is 0.825. The number of hydrogen-bond acceptors (Lipinski definition) is 4. The molecule has 0 aliphatic rings. The average Bonchev–Trinajstić information content (AvgIpc) is 2.30. The summed E-state index contributed by atoms with van der Waals surface area (Å²) in [5.74, 6) is -1.96. The third-order valence-electron chi connectivity index (χ3n) is 2.04. The molecule has 1 heterocycles.